The smallest absolute Gasteiger partial charge is 0.425 e. The zero-order valence-electron chi connectivity index (χ0n) is 11.9. The van der Waals surface area contributed by atoms with Gasteiger partial charge in [0.1, 0.15) is 24.6 Å². The van der Waals surface area contributed by atoms with E-state index in [2.05, 4.69) is 14.5 Å². The number of nitrogens with zero attached hydrogens (tertiary/aromatic N) is 4. The minimum atomic E-state index is -4.76. The number of phosphoric ester groups is 1. The number of aromatic nitrogens is 4. The largest absolute Gasteiger partial charge is 0.469 e. The number of rotatable bonds is 4. The van der Waals surface area contributed by atoms with Gasteiger partial charge in [0.05, 0.1) is 12.9 Å². The van der Waals surface area contributed by atoms with Crippen LogP contribution in [0.3, 0.4) is 0 Å². The molecular formula is C10H14N5O8P. The molecule has 0 saturated carbocycles. The van der Waals surface area contributed by atoms with Crippen LogP contribution in [0.15, 0.2) is 12.7 Å². The molecule has 0 aromatic carbocycles. The normalized spacial score (nSPS) is 27.8. The van der Waals surface area contributed by atoms with Crippen molar-refractivity contribution in [2.75, 3.05) is 6.61 Å². The molecule has 0 bridgehead atoms. The van der Waals surface area contributed by atoms with E-state index in [1.807, 2.05) is 0 Å². The third kappa shape index (κ3) is 2.93. The first-order valence-corrected chi connectivity index (χ1v) is 8.12. The predicted molar refractivity (Wildman–Crippen MR) is 72.5 cm³/mol. The molecule has 2 aromatic rings. The number of hydrogen-bond donors (Lipinski definition) is 6. The average Bonchev–Trinajstić information content (AvgIpc) is 3.04. The zero-order valence-corrected chi connectivity index (χ0v) is 12.8. The number of hydrogen-bond acceptors (Lipinski definition) is 9. The Labute approximate surface area is 133 Å². The second-order valence-electron chi connectivity index (χ2n) is 5.09. The maximum Gasteiger partial charge on any atom is 0.469 e. The summed E-state index contributed by atoms with van der Waals surface area (Å²) in [6.07, 6.45) is -3.14. The van der Waals surface area contributed by atoms with Crippen LogP contribution in [-0.2, 0) is 13.8 Å². The Hall–Kier alpha value is -1.86. The summed E-state index contributed by atoms with van der Waals surface area (Å²) < 4.78 is 22.1. The van der Waals surface area contributed by atoms with E-state index in [0.717, 1.165) is 6.33 Å². The molecular weight excluding hydrogens is 349 g/mol. The van der Waals surface area contributed by atoms with Crippen LogP contribution in [0.25, 0.3) is 11.2 Å². The van der Waals surface area contributed by atoms with Crippen LogP contribution in [-0.4, -0.2) is 69.4 Å². The van der Waals surface area contributed by atoms with Crippen molar-refractivity contribution in [2.45, 2.75) is 24.5 Å². The number of imidazole rings is 1. The van der Waals surface area contributed by atoms with Crippen LogP contribution in [0.4, 0.5) is 0 Å². The van der Waals surface area contributed by atoms with Gasteiger partial charge < -0.3 is 29.9 Å². The third-order valence-corrected chi connectivity index (χ3v) is 4.01. The quantitative estimate of drug-likeness (QED) is 0.253. The highest BCUT2D eigenvalue weighted by Gasteiger charge is 2.45. The first-order chi connectivity index (χ1) is 11.2. The lowest BCUT2D eigenvalue weighted by molar-refractivity contribution is -0.0504. The summed E-state index contributed by atoms with van der Waals surface area (Å²) in [5, 5.41) is 37.1. The van der Waals surface area contributed by atoms with E-state index in [-0.39, 0.29) is 16.7 Å². The summed E-state index contributed by atoms with van der Waals surface area (Å²) in [5.41, 5.74) is -0.202. The number of nitrogens with one attached hydrogen (secondary N) is 1. The molecule has 0 aliphatic carbocycles. The summed E-state index contributed by atoms with van der Waals surface area (Å²) in [5.74, 6) is 0. The monoisotopic (exact) mass is 363 g/mol. The highest BCUT2D eigenvalue weighted by Crippen LogP contribution is 2.38. The molecule has 3 rings (SSSR count). The summed E-state index contributed by atoms with van der Waals surface area (Å²) in [7, 11) is -4.76. The van der Waals surface area contributed by atoms with E-state index in [0.29, 0.717) is 4.73 Å². The highest BCUT2D eigenvalue weighted by atomic mass is 31.2. The lowest BCUT2D eigenvalue weighted by Crippen LogP contribution is -2.33. The Balaban J connectivity index is 1.89. The minimum Gasteiger partial charge on any atom is -0.425 e. The molecule has 0 radical (unpaired) electrons. The first-order valence-electron chi connectivity index (χ1n) is 6.59. The molecule has 24 heavy (non-hydrogen) atoms. The maximum absolute atomic E-state index is 10.7. The molecule has 4 atom stereocenters. The Morgan fingerprint density at radius 1 is 1.29 bits per heavy atom. The fraction of sp³-hybridized carbons (Fsp3) is 0.500. The summed E-state index contributed by atoms with van der Waals surface area (Å²) in [4.78, 5) is 25.2. The zero-order chi connectivity index (χ0) is 17.6. The lowest BCUT2D eigenvalue weighted by Gasteiger charge is -2.16. The summed E-state index contributed by atoms with van der Waals surface area (Å²) in [6, 6.07) is 0. The van der Waals surface area contributed by atoms with Gasteiger partial charge in [-0.1, -0.05) is 0 Å². The molecule has 1 fully saturated rings. The van der Waals surface area contributed by atoms with Gasteiger partial charge in [0.2, 0.25) is 0 Å². The Morgan fingerprint density at radius 2 is 2.00 bits per heavy atom. The van der Waals surface area contributed by atoms with Crippen LogP contribution in [0.5, 0.6) is 0 Å². The summed E-state index contributed by atoms with van der Waals surface area (Å²) >= 11 is 0. The molecule has 1 saturated heterocycles. The van der Waals surface area contributed by atoms with Crippen molar-refractivity contribution in [1.29, 1.82) is 5.41 Å². The Bertz CT molecular complexity index is 861. The second kappa shape index (κ2) is 5.89. The van der Waals surface area contributed by atoms with Gasteiger partial charge in [-0.15, -0.1) is 0 Å². The van der Waals surface area contributed by atoms with Crippen molar-refractivity contribution in [1.82, 2.24) is 19.3 Å². The molecule has 0 spiro atoms. The van der Waals surface area contributed by atoms with E-state index in [1.165, 1.54) is 10.9 Å². The number of aliphatic hydroxyl groups is 2. The van der Waals surface area contributed by atoms with E-state index >= 15 is 0 Å². The molecule has 14 heteroatoms. The van der Waals surface area contributed by atoms with Crippen molar-refractivity contribution in [3.05, 3.63) is 18.1 Å². The second-order valence-corrected chi connectivity index (χ2v) is 6.33. The van der Waals surface area contributed by atoms with Crippen LogP contribution in [0.2, 0.25) is 0 Å². The molecule has 0 unspecified atom stereocenters. The number of ether oxygens (including phenoxy) is 1. The highest BCUT2D eigenvalue weighted by molar-refractivity contribution is 7.46. The van der Waals surface area contributed by atoms with Crippen molar-refractivity contribution in [2.24, 2.45) is 0 Å². The predicted octanol–water partition coefficient (Wildman–Crippen LogP) is -2.32. The molecule has 6 N–H and O–H groups in total. The van der Waals surface area contributed by atoms with Gasteiger partial charge in [0, 0.05) is 0 Å². The van der Waals surface area contributed by atoms with E-state index in [9.17, 15) is 20.0 Å². The Kier molecular flexibility index (Phi) is 4.17. The van der Waals surface area contributed by atoms with Gasteiger partial charge in [-0.2, -0.15) is 4.73 Å². The van der Waals surface area contributed by atoms with Crippen molar-refractivity contribution in [3.8, 4) is 0 Å². The van der Waals surface area contributed by atoms with Gasteiger partial charge in [-0.05, 0) is 0 Å². The van der Waals surface area contributed by atoms with Crippen molar-refractivity contribution in [3.63, 3.8) is 0 Å². The topological polar surface area (TPSA) is 196 Å². The third-order valence-electron chi connectivity index (χ3n) is 3.53. The van der Waals surface area contributed by atoms with Crippen LogP contribution < -0.4 is 5.49 Å². The fourth-order valence-electron chi connectivity index (χ4n) is 2.38. The lowest BCUT2D eigenvalue weighted by atomic mass is 10.1. The number of fused-ring (bicyclic) bond motifs is 1. The number of aliphatic hydroxyl groups excluding tert-OH is 2. The van der Waals surface area contributed by atoms with E-state index in [4.69, 9.17) is 19.9 Å². The van der Waals surface area contributed by atoms with Crippen molar-refractivity contribution < 1.29 is 39.0 Å². The molecule has 2 aromatic heterocycles. The first kappa shape index (κ1) is 17.0. The van der Waals surface area contributed by atoms with E-state index < -0.39 is 39.0 Å². The molecule has 1 aliphatic rings. The van der Waals surface area contributed by atoms with Crippen molar-refractivity contribution >= 4 is 19.0 Å². The molecule has 132 valence electrons. The van der Waals surface area contributed by atoms with Crippen LogP contribution >= 0.6 is 7.82 Å². The maximum atomic E-state index is 10.7. The van der Waals surface area contributed by atoms with E-state index in [1.54, 1.807) is 0 Å². The van der Waals surface area contributed by atoms with Gasteiger partial charge >= 0.3 is 7.82 Å². The molecule has 1 aliphatic heterocycles. The molecule has 3 heterocycles. The van der Waals surface area contributed by atoms with Gasteiger partial charge in [-0.25, -0.2) is 14.5 Å². The minimum absolute atomic E-state index is 0.0280. The summed E-state index contributed by atoms with van der Waals surface area (Å²) in [6.45, 7) is -0.639. The standard InChI is InChI=1S/C10H14N5O8P/c11-8-5-9(13-3-15(8)18)14(2-12-5)10-7(17)6(16)4(23-10)1-22-24(19,20)21/h2-4,6-7,10-11,16-18H,1H2,(H2,19,20,21)/t4-,6-,7+,10-/m1/s1. The van der Waals surface area contributed by atoms with Gasteiger partial charge in [-0.3, -0.25) is 14.5 Å². The van der Waals surface area contributed by atoms with Gasteiger partial charge in [0.25, 0.3) is 0 Å². The average molecular weight is 363 g/mol. The molecule has 13 nitrogen and oxygen atoms in total. The van der Waals surface area contributed by atoms with Gasteiger partial charge in [0.15, 0.2) is 22.9 Å². The van der Waals surface area contributed by atoms with Crippen LogP contribution in [0.1, 0.15) is 6.23 Å². The fourth-order valence-corrected chi connectivity index (χ4v) is 2.72. The van der Waals surface area contributed by atoms with Crippen LogP contribution in [0, 0.1) is 5.41 Å². The number of phosphoric acid groups is 1. The molecule has 0 amide bonds. The SMILES string of the molecule is N=c1c2ncn([C@@H]3O[C@H](COP(=O)(O)O)[C@@H](O)[C@@H]3O)c2ncn1O. The Morgan fingerprint density at radius 3 is 2.67 bits per heavy atom.